The van der Waals surface area contributed by atoms with Crippen molar-refractivity contribution >= 4 is 29.1 Å². The zero-order valence-electron chi connectivity index (χ0n) is 11.8. The first-order valence-corrected chi connectivity index (χ1v) is 7.54. The van der Waals surface area contributed by atoms with Gasteiger partial charge in [-0.2, -0.15) is 0 Å². The summed E-state index contributed by atoms with van der Waals surface area (Å²) in [5, 5.41) is 13.8. The normalized spacial score (nSPS) is 15.6. The largest absolute Gasteiger partial charge is 0.510 e. The Morgan fingerprint density at radius 3 is 2.76 bits per heavy atom. The van der Waals surface area contributed by atoms with E-state index in [0.717, 1.165) is 18.4 Å². The number of aliphatic hydroxyl groups excluding tert-OH is 1. The summed E-state index contributed by atoms with van der Waals surface area (Å²) >= 11 is 11.9. The second-order valence-electron chi connectivity index (χ2n) is 5.19. The molecular weight excluding hydrogens is 311 g/mol. The number of aryl methyl sites for hydroxylation is 1. The van der Waals surface area contributed by atoms with Crippen LogP contribution in [0.1, 0.15) is 12.0 Å². The topological polar surface area (TPSA) is 52.6 Å². The third kappa shape index (κ3) is 4.37. The molecule has 2 rings (SSSR count). The molecule has 21 heavy (non-hydrogen) atoms. The van der Waals surface area contributed by atoms with E-state index < -0.39 is 0 Å². The fourth-order valence-corrected chi connectivity index (χ4v) is 2.79. The van der Waals surface area contributed by atoms with Crippen molar-refractivity contribution in [2.24, 2.45) is 0 Å². The summed E-state index contributed by atoms with van der Waals surface area (Å²) in [5.41, 5.74) is 1.47. The molecule has 0 aromatic heterocycles. The molecule has 1 aromatic rings. The van der Waals surface area contributed by atoms with Gasteiger partial charge in [-0.3, -0.25) is 9.69 Å². The van der Waals surface area contributed by atoms with Crippen molar-refractivity contribution in [3.05, 3.63) is 45.1 Å². The van der Waals surface area contributed by atoms with Crippen LogP contribution in [0.4, 0.5) is 0 Å². The van der Waals surface area contributed by atoms with E-state index in [1.807, 2.05) is 18.0 Å². The van der Waals surface area contributed by atoms with Gasteiger partial charge < -0.3 is 10.4 Å². The lowest BCUT2D eigenvalue weighted by Gasteiger charge is -2.08. The summed E-state index contributed by atoms with van der Waals surface area (Å²) in [6.07, 6.45) is 1.54. The first-order valence-electron chi connectivity index (χ1n) is 6.79. The zero-order chi connectivity index (χ0) is 15.4. The Labute approximate surface area is 134 Å². The van der Waals surface area contributed by atoms with Gasteiger partial charge in [-0.15, -0.1) is 0 Å². The van der Waals surface area contributed by atoms with E-state index in [9.17, 15) is 9.90 Å². The monoisotopic (exact) mass is 328 g/mol. The second kappa shape index (κ2) is 7.16. The number of aliphatic hydroxyl groups is 1. The Morgan fingerprint density at radius 2 is 2.14 bits per heavy atom. The first-order chi connectivity index (χ1) is 9.97. The van der Waals surface area contributed by atoms with Crippen LogP contribution in [-0.4, -0.2) is 42.6 Å². The van der Waals surface area contributed by atoms with Crippen LogP contribution in [-0.2, 0) is 11.2 Å². The van der Waals surface area contributed by atoms with Gasteiger partial charge in [-0.05, 0) is 37.6 Å². The van der Waals surface area contributed by atoms with E-state index in [4.69, 9.17) is 23.2 Å². The molecule has 0 fully saturated rings. The minimum atomic E-state index is -0.195. The third-order valence-electron chi connectivity index (χ3n) is 3.39. The van der Waals surface area contributed by atoms with Gasteiger partial charge in [0.05, 0.1) is 12.1 Å². The van der Waals surface area contributed by atoms with Gasteiger partial charge in [0.2, 0.25) is 0 Å². The van der Waals surface area contributed by atoms with E-state index in [0.29, 0.717) is 35.3 Å². The van der Waals surface area contributed by atoms with Crippen molar-refractivity contribution in [1.29, 1.82) is 0 Å². The zero-order valence-corrected chi connectivity index (χ0v) is 13.3. The van der Waals surface area contributed by atoms with Crippen LogP contribution in [0, 0.1) is 0 Å². The number of rotatable bonds is 5. The van der Waals surface area contributed by atoms with Crippen LogP contribution in [0.3, 0.4) is 0 Å². The summed E-state index contributed by atoms with van der Waals surface area (Å²) in [6, 6.07) is 5.42. The minimum absolute atomic E-state index is 0.163. The predicted octanol–water partition coefficient (Wildman–Crippen LogP) is 2.80. The molecule has 0 saturated carbocycles. The van der Waals surface area contributed by atoms with Crippen LogP contribution in [0.25, 0.3) is 0 Å². The Bertz CT molecular complexity index is 573. The van der Waals surface area contributed by atoms with Crippen LogP contribution < -0.4 is 5.32 Å². The van der Waals surface area contributed by atoms with Gasteiger partial charge >= 0.3 is 0 Å². The van der Waals surface area contributed by atoms with E-state index >= 15 is 0 Å². The average Bonchev–Trinajstić information content (AvgIpc) is 2.75. The average molecular weight is 329 g/mol. The lowest BCUT2D eigenvalue weighted by molar-refractivity contribution is -0.117. The quantitative estimate of drug-likeness (QED) is 0.817. The molecule has 1 aromatic carbocycles. The summed E-state index contributed by atoms with van der Waals surface area (Å²) < 4.78 is 0. The highest BCUT2D eigenvalue weighted by molar-refractivity contribution is 6.35. The van der Waals surface area contributed by atoms with E-state index in [1.165, 1.54) is 0 Å². The van der Waals surface area contributed by atoms with Gasteiger partial charge in [0, 0.05) is 23.1 Å². The molecule has 0 atom stereocenters. The fraction of sp³-hybridized carbons (Fsp3) is 0.400. The smallest absolute Gasteiger partial charge is 0.251 e. The van der Waals surface area contributed by atoms with Crippen LogP contribution >= 0.6 is 23.2 Å². The maximum atomic E-state index is 11.9. The van der Waals surface area contributed by atoms with Crippen molar-refractivity contribution in [3.63, 3.8) is 0 Å². The number of hydrogen-bond donors (Lipinski definition) is 2. The SMILES string of the molecule is CN1CC(O)=C(C(=O)NCCCc2ccc(Cl)cc2Cl)C1. The molecule has 0 radical (unpaired) electrons. The summed E-state index contributed by atoms with van der Waals surface area (Å²) in [5.74, 6) is -0.0326. The summed E-state index contributed by atoms with van der Waals surface area (Å²) in [6.45, 7) is 1.46. The molecule has 4 nitrogen and oxygen atoms in total. The molecule has 114 valence electrons. The van der Waals surface area contributed by atoms with Crippen LogP contribution in [0.5, 0.6) is 0 Å². The summed E-state index contributed by atoms with van der Waals surface area (Å²) in [4.78, 5) is 13.8. The molecule has 0 unspecified atom stereocenters. The second-order valence-corrected chi connectivity index (χ2v) is 6.04. The number of carbonyl (C=O) groups excluding carboxylic acids is 1. The highest BCUT2D eigenvalue weighted by atomic mass is 35.5. The van der Waals surface area contributed by atoms with Gasteiger partial charge in [-0.1, -0.05) is 29.3 Å². The van der Waals surface area contributed by atoms with Crippen molar-refractivity contribution in [1.82, 2.24) is 10.2 Å². The lowest BCUT2D eigenvalue weighted by Crippen LogP contribution is -2.28. The van der Waals surface area contributed by atoms with Gasteiger partial charge in [0.15, 0.2) is 0 Å². The van der Waals surface area contributed by atoms with Crippen molar-refractivity contribution in [3.8, 4) is 0 Å². The maximum Gasteiger partial charge on any atom is 0.251 e. The van der Waals surface area contributed by atoms with Gasteiger partial charge in [0.25, 0.3) is 5.91 Å². The molecule has 1 aliphatic heterocycles. The Hall–Kier alpha value is -1.23. The molecule has 6 heteroatoms. The van der Waals surface area contributed by atoms with E-state index in [1.54, 1.807) is 12.1 Å². The van der Waals surface area contributed by atoms with Crippen molar-refractivity contribution < 1.29 is 9.90 Å². The maximum absolute atomic E-state index is 11.9. The van der Waals surface area contributed by atoms with Crippen molar-refractivity contribution in [2.75, 3.05) is 26.7 Å². The van der Waals surface area contributed by atoms with Crippen LogP contribution in [0.2, 0.25) is 10.0 Å². The number of likely N-dealkylation sites (N-methyl/N-ethyl adjacent to an activating group) is 1. The third-order valence-corrected chi connectivity index (χ3v) is 3.98. The number of amides is 1. The molecule has 1 heterocycles. The predicted molar refractivity (Wildman–Crippen MR) is 84.9 cm³/mol. The number of benzene rings is 1. The van der Waals surface area contributed by atoms with Gasteiger partial charge in [0.1, 0.15) is 5.76 Å². The number of carbonyl (C=O) groups is 1. The summed E-state index contributed by atoms with van der Waals surface area (Å²) in [7, 11) is 1.86. The Morgan fingerprint density at radius 1 is 1.38 bits per heavy atom. The molecule has 0 spiro atoms. The Kier molecular flexibility index (Phi) is 5.51. The number of hydrogen-bond acceptors (Lipinski definition) is 3. The number of nitrogens with one attached hydrogen (secondary N) is 1. The number of halogens is 2. The standard InChI is InChI=1S/C15H18Cl2N2O2/c1-19-8-12(14(20)9-19)15(21)18-6-2-3-10-4-5-11(16)7-13(10)17/h4-5,7,20H,2-3,6,8-9H2,1H3,(H,18,21). The molecule has 0 bridgehead atoms. The molecule has 0 saturated heterocycles. The van der Waals surface area contributed by atoms with Gasteiger partial charge in [-0.25, -0.2) is 0 Å². The Balaban J connectivity index is 1.77. The van der Waals surface area contributed by atoms with Crippen LogP contribution in [0.15, 0.2) is 29.5 Å². The lowest BCUT2D eigenvalue weighted by atomic mass is 10.1. The van der Waals surface area contributed by atoms with Crippen molar-refractivity contribution in [2.45, 2.75) is 12.8 Å². The molecule has 1 amide bonds. The highest BCUT2D eigenvalue weighted by Crippen LogP contribution is 2.22. The molecule has 0 aliphatic carbocycles. The molecular formula is C15H18Cl2N2O2. The highest BCUT2D eigenvalue weighted by Gasteiger charge is 2.23. The minimum Gasteiger partial charge on any atom is -0.510 e. The molecule has 1 aliphatic rings. The van der Waals surface area contributed by atoms with E-state index in [-0.39, 0.29) is 11.7 Å². The molecule has 2 N–H and O–H groups in total. The first kappa shape index (κ1) is 16.1. The number of nitrogens with zero attached hydrogens (tertiary/aromatic N) is 1. The van der Waals surface area contributed by atoms with E-state index in [2.05, 4.69) is 5.32 Å². The fourth-order valence-electron chi connectivity index (χ4n) is 2.28.